The van der Waals surface area contributed by atoms with Gasteiger partial charge in [0.1, 0.15) is 0 Å². The predicted octanol–water partition coefficient (Wildman–Crippen LogP) is 7.26. The van der Waals surface area contributed by atoms with Crippen LogP contribution < -0.4 is 0 Å². The molecular formula is C26H40O4. The number of carbonyl (C=O) groups is 2. The predicted molar refractivity (Wildman–Crippen MR) is 121 cm³/mol. The lowest BCUT2D eigenvalue weighted by Crippen LogP contribution is -2.15. The van der Waals surface area contributed by atoms with Crippen LogP contribution in [0.2, 0.25) is 0 Å². The summed E-state index contributed by atoms with van der Waals surface area (Å²) in [5, 5.41) is 0. The van der Waals surface area contributed by atoms with Gasteiger partial charge in [-0.3, -0.25) is 0 Å². The van der Waals surface area contributed by atoms with Gasteiger partial charge in [-0.05, 0) is 25.0 Å². The number of cyclic esters (lactones) is 2. The van der Waals surface area contributed by atoms with E-state index in [4.69, 9.17) is 9.47 Å². The smallest absolute Gasteiger partial charge is 0.339 e. The number of ether oxygens (including phenoxy) is 2. The van der Waals surface area contributed by atoms with Crippen molar-refractivity contribution < 1.29 is 19.1 Å². The van der Waals surface area contributed by atoms with Crippen molar-refractivity contribution in [3.8, 4) is 0 Å². The lowest BCUT2D eigenvalue weighted by atomic mass is 10.0. The molecule has 0 saturated carbocycles. The van der Waals surface area contributed by atoms with Crippen LogP contribution in [-0.2, 0) is 9.47 Å². The third-order valence-electron chi connectivity index (χ3n) is 5.87. The molecule has 1 aliphatic heterocycles. The Balaban J connectivity index is 1.82. The molecule has 0 aliphatic carbocycles. The summed E-state index contributed by atoms with van der Waals surface area (Å²) in [6.07, 6.45) is 19.7. The summed E-state index contributed by atoms with van der Waals surface area (Å²) in [5.74, 6) is -0.867. The third-order valence-corrected chi connectivity index (χ3v) is 5.87. The first kappa shape index (κ1) is 24.4. The minimum atomic E-state index is -0.433. The Morgan fingerprint density at radius 2 is 0.700 bits per heavy atom. The Morgan fingerprint density at radius 3 is 1.00 bits per heavy atom. The number of esters is 2. The summed E-state index contributed by atoms with van der Waals surface area (Å²) in [4.78, 5) is 24.9. The Kier molecular flexibility index (Phi) is 13.0. The summed E-state index contributed by atoms with van der Waals surface area (Å²) < 4.78 is 10.8. The van der Waals surface area contributed by atoms with E-state index in [1.54, 1.807) is 24.3 Å². The minimum Gasteiger partial charge on any atom is -0.462 e. The van der Waals surface area contributed by atoms with E-state index in [-0.39, 0.29) is 0 Å². The monoisotopic (exact) mass is 416 g/mol. The van der Waals surface area contributed by atoms with E-state index in [1.165, 1.54) is 77.0 Å². The highest BCUT2D eigenvalue weighted by Gasteiger charge is 2.18. The molecular weight excluding hydrogens is 376 g/mol. The number of fused-ring (bicyclic) bond motifs is 1. The van der Waals surface area contributed by atoms with Crippen molar-refractivity contribution in [2.75, 3.05) is 13.2 Å². The summed E-state index contributed by atoms with van der Waals surface area (Å²) in [6, 6.07) is 6.79. The fraction of sp³-hybridized carbons (Fsp3) is 0.692. The van der Waals surface area contributed by atoms with E-state index in [9.17, 15) is 9.59 Å². The van der Waals surface area contributed by atoms with Crippen molar-refractivity contribution in [2.45, 2.75) is 103 Å². The Labute approximate surface area is 182 Å². The van der Waals surface area contributed by atoms with Crippen molar-refractivity contribution in [3.05, 3.63) is 35.4 Å². The highest BCUT2D eigenvalue weighted by molar-refractivity contribution is 6.03. The zero-order chi connectivity index (χ0) is 21.3. The van der Waals surface area contributed by atoms with Crippen LogP contribution in [0.15, 0.2) is 24.3 Å². The van der Waals surface area contributed by atoms with Gasteiger partial charge in [0, 0.05) is 0 Å². The zero-order valence-corrected chi connectivity index (χ0v) is 18.7. The van der Waals surface area contributed by atoms with Crippen LogP contribution in [0.25, 0.3) is 0 Å². The molecule has 1 aromatic carbocycles. The van der Waals surface area contributed by atoms with Gasteiger partial charge in [0.25, 0.3) is 0 Å². The molecule has 30 heavy (non-hydrogen) atoms. The summed E-state index contributed by atoms with van der Waals surface area (Å²) in [7, 11) is 0. The third kappa shape index (κ3) is 10.3. The molecule has 0 radical (unpaired) electrons. The zero-order valence-electron chi connectivity index (χ0n) is 18.7. The molecule has 0 spiro atoms. The molecule has 0 amide bonds. The second-order valence-electron chi connectivity index (χ2n) is 8.47. The van der Waals surface area contributed by atoms with Crippen LogP contribution in [-0.4, -0.2) is 25.2 Å². The molecule has 0 saturated heterocycles. The van der Waals surface area contributed by atoms with Crippen LogP contribution in [0, 0.1) is 0 Å². The summed E-state index contributed by atoms with van der Waals surface area (Å²) in [5.41, 5.74) is 0.605. The molecule has 4 heteroatoms. The number of hydrogen-bond acceptors (Lipinski definition) is 4. The SMILES string of the molecule is O=C1OCCCCCCCCCCCCCCCCCCOC(=O)c2ccccc21. The number of rotatable bonds is 0. The average molecular weight is 417 g/mol. The fourth-order valence-electron chi connectivity index (χ4n) is 4.00. The number of hydrogen-bond donors (Lipinski definition) is 0. The van der Waals surface area contributed by atoms with E-state index >= 15 is 0 Å². The molecule has 0 aromatic heterocycles. The molecule has 1 aliphatic rings. The van der Waals surface area contributed by atoms with Crippen LogP contribution in [0.1, 0.15) is 123 Å². The molecule has 168 valence electrons. The van der Waals surface area contributed by atoms with Gasteiger partial charge >= 0.3 is 11.9 Å². The maximum absolute atomic E-state index is 12.4. The molecule has 4 nitrogen and oxygen atoms in total. The standard InChI is InChI=1S/C26H40O4/c27-25-23-19-15-16-20-24(23)26(28)30-22-18-14-12-10-8-6-4-2-1-3-5-7-9-11-13-17-21-29-25/h15-16,19-20H,1-14,17-18,21-22H2. The van der Waals surface area contributed by atoms with Gasteiger partial charge in [0.05, 0.1) is 24.3 Å². The largest absolute Gasteiger partial charge is 0.462 e. The van der Waals surface area contributed by atoms with E-state index in [2.05, 4.69) is 0 Å². The van der Waals surface area contributed by atoms with Crippen molar-refractivity contribution in [3.63, 3.8) is 0 Å². The second-order valence-corrected chi connectivity index (χ2v) is 8.47. The molecule has 0 N–H and O–H groups in total. The fourth-order valence-corrected chi connectivity index (χ4v) is 4.00. The number of benzene rings is 1. The van der Waals surface area contributed by atoms with Gasteiger partial charge in [0.2, 0.25) is 0 Å². The van der Waals surface area contributed by atoms with Crippen LogP contribution in [0.4, 0.5) is 0 Å². The molecule has 1 aromatic rings. The van der Waals surface area contributed by atoms with Gasteiger partial charge < -0.3 is 9.47 Å². The average Bonchev–Trinajstić information content (AvgIpc) is 2.76. The number of carbonyl (C=O) groups excluding carboxylic acids is 2. The Morgan fingerprint density at radius 1 is 0.433 bits per heavy atom. The van der Waals surface area contributed by atoms with Crippen molar-refractivity contribution >= 4 is 11.9 Å². The Bertz CT molecular complexity index is 558. The van der Waals surface area contributed by atoms with E-state index in [0.29, 0.717) is 24.3 Å². The summed E-state index contributed by atoms with van der Waals surface area (Å²) in [6.45, 7) is 0.810. The molecule has 2 rings (SSSR count). The topological polar surface area (TPSA) is 52.6 Å². The van der Waals surface area contributed by atoms with Crippen molar-refractivity contribution in [1.29, 1.82) is 0 Å². The van der Waals surface area contributed by atoms with Gasteiger partial charge in [-0.1, -0.05) is 102 Å². The second kappa shape index (κ2) is 15.9. The van der Waals surface area contributed by atoms with E-state index < -0.39 is 11.9 Å². The maximum Gasteiger partial charge on any atom is 0.339 e. The molecule has 0 unspecified atom stereocenters. The minimum absolute atomic E-state index is 0.303. The van der Waals surface area contributed by atoms with Gasteiger partial charge in [0.15, 0.2) is 0 Å². The first-order chi connectivity index (χ1) is 14.8. The summed E-state index contributed by atoms with van der Waals surface area (Å²) >= 11 is 0. The highest BCUT2D eigenvalue weighted by atomic mass is 16.5. The quantitative estimate of drug-likeness (QED) is 0.418. The highest BCUT2D eigenvalue weighted by Crippen LogP contribution is 2.16. The van der Waals surface area contributed by atoms with E-state index in [0.717, 1.165) is 25.7 Å². The van der Waals surface area contributed by atoms with Gasteiger partial charge in [-0.25, -0.2) is 9.59 Å². The van der Waals surface area contributed by atoms with Gasteiger partial charge in [-0.15, -0.1) is 0 Å². The molecule has 0 bridgehead atoms. The molecule has 1 heterocycles. The molecule has 0 atom stereocenters. The van der Waals surface area contributed by atoms with Gasteiger partial charge in [-0.2, -0.15) is 0 Å². The maximum atomic E-state index is 12.4. The Hall–Kier alpha value is -1.84. The van der Waals surface area contributed by atoms with E-state index in [1.807, 2.05) is 0 Å². The lowest BCUT2D eigenvalue weighted by Gasteiger charge is -2.10. The normalized spacial score (nSPS) is 20.3. The first-order valence-electron chi connectivity index (χ1n) is 12.2. The van der Waals surface area contributed by atoms with Crippen LogP contribution in [0.3, 0.4) is 0 Å². The lowest BCUT2D eigenvalue weighted by molar-refractivity contribution is 0.0450. The van der Waals surface area contributed by atoms with Crippen molar-refractivity contribution in [1.82, 2.24) is 0 Å². The van der Waals surface area contributed by atoms with Crippen LogP contribution in [0.5, 0.6) is 0 Å². The van der Waals surface area contributed by atoms with Crippen molar-refractivity contribution in [2.24, 2.45) is 0 Å². The molecule has 0 fully saturated rings. The first-order valence-corrected chi connectivity index (χ1v) is 12.2. The van der Waals surface area contributed by atoms with Crippen LogP contribution >= 0.6 is 0 Å².